The van der Waals surface area contributed by atoms with Crippen molar-refractivity contribution in [1.29, 1.82) is 0 Å². The predicted octanol–water partition coefficient (Wildman–Crippen LogP) is 3.99. The third-order valence-corrected chi connectivity index (χ3v) is 3.20. The monoisotopic (exact) mass is 333 g/mol. The fourth-order valence-electron chi connectivity index (χ4n) is 2.00. The van der Waals surface area contributed by atoms with Crippen LogP contribution in [0.15, 0.2) is 48.7 Å². The Morgan fingerprint density at radius 1 is 1.17 bits per heavy atom. The van der Waals surface area contributed by atoms with Gasteiger partial charge in [0.1, 0.15) is 17.4 Å². The summed E-state index contributed by atoms with van der Waals surface area (Å²) < 4.78 is 36.7. The summed E-state index contributed by atoms with van der Waals surface area (Å²) in [5, 5.41) is 2.67. The van der Waals surface area contributed by atoms with Crippen LogP contribution in [0.3, 0.4) is 0 Å². The molecule has 0 amide bonds. The standard InChI is InChI=1S/C18H17F2NO3/c1-3-24-18(22)15(12-4-7-14(23-2)8-5-12)11-21-17-9-6-13(19)10-16(17)20/h4-11,21H,3H2,1-2H3/b15-11-. The van der Waals surface area contributed by atoms with Crippen LogP contribution < -0.4 is 10.1 Å². The molecule has 6 heteroatoms. The first-order chi connectivity index (χ1) is 11.5. The molecule has 2 aromatic rings. The van der Waals surface area contributed by atoms with Gasteiger partial charge in [-0.2, -0.15) is 0 Å². The lowest BCUT2D eigenvalue weighted by Gasteiger charge is -2.10. The second-order valence-electron chi connectivity index (χ2n) is 4.78. The number of halogens is 2. The summed E-state index contributed by atoms with van der Waals surface area (Å²) in [6.45, 7) is 1.90. The number of hydrogen-bond donors (Lipinski definition) is 1. The summed E-state index contributed by atoms with van der Waals surface area (Å²) in [4.78, 5) is 12.1. The SMILES string of the molecule is CCOC(=O)/C(=C\Nc1ccc(F)cc1F)c1ccc(OC)cc1. The highest BCUT2D eigenvalue weighted by Gasteiger charge is 2.14. The summed E-state index contributed by atoms with van der Waals surface area (Å²) in [5.41, 5.74) is 0.833. The second-order valence-corrected chi connectivity index (χ2v) is 4.78. The minimum absolute atomic E-state index is 0.0479. The third-order valence-electron chi connectivity index (χ3n) is 3.20. The lowest BCUT2D eigenvalue weighted by molar-refractivity contribution is -0.136. The fourth-order valence-corrected chi connectivity index (χ4v) is 2.00. The van der Waals surface area contributed by atoms with E-state index >= 15 is 0 Å². The molecule has 2 rings (SSSR count). The number of hydrogen-bond acceptors (Lipinski definition) is 4. The average molecular weight is 333 g/mol. The van der Waals surface area contributed by atoms with Crippen molar-refractivity contribution in [2.24, 2.45) is 0 Å². The molecule has 0 unspecified atom stereocenters. The van der Waals surface area contributed by atoms with Gasteiger partial charge in [-0.15, -0.1) is 0 Å². The van der Waals surface area contributed by atoms with Gasteiger partial charge in [-0.25, -0.2) is 13.6 Å². The van der Waals surface area contributed by atoms with Crippen LogP contribution in [-0.2, 0) is 9.53 Å². The quantitative estimate of drug-likeness (QED) is 0.641. The van der Waals surface area contributed by atoms with Crippen molar-refractivity contribution < 1.29 is 23.0 Å². The first-order valence-corrected chi connectivity index (χ1v) is 7.28. The molecule has 0 atom stereocenters. The normalized spacial score (nSPS) is 11.1. The van der Waals surface area contributed by atoms with Crippen molar-refractivity contribution in [2.45, 2.75) is 6.92 Å². The Kier molecular flexibility index (Phi) is 5.89. The molecule has 0 aliphatic rings. The first kappa shape index (κ1) is 17.5. The number of nitrogens with one attached hydrogen (secondary N) is 1. The predicted molar refractivity (Wildman–Crippen MR) is 87.6 cm³/mol. The van der Waals surface area contributed by atoms with E-state index in [2.05, 4.69) is 5.32 Å². The molecule has 0 radical (unpaired) electrons. The number of methoxy groups -OCH3 is 1. The zero-order valence-electron chi connectivity index (χ0n) is 13.3. The highest BCUT2D eigenvalue weighted by atomic mass is 19.1. The van der Waals surface area contributed by atoms with E-state index in [1.807, 2.05) is 0 Å². The Balaban J connectivity index is 2.32. The molecule has 0 saturated carbocycles. The molecule has 126 valence electrons. The Hall–Kier alpha value is -2.89. The van der Waals surface area contributed by atoms with E-state index in [9.17, 15) is 13.6 Å². The van der Waals surface area contributed by atoms with Crippen molar-refractivity contribution in [3.05, 3.63) is 65.9 Å². The number of rotatable bonds is 6. The molecule has 24 heavy (non-hydrogen) atoms. The zero-order chi connectivity index (χ0) is 17.5. The van der Waals surface area contributed by atoms with Crippen LogP contribution in [0.25, 0.3) is 5.57 Å². The Labute approximate surface area is 138 Å². The van der Waals surface area contributed by atoms with Gasteiger partial charge in [0, 0.05) is 12.3 Å². The van der Waals surface area contributed by atoms with Gasteiger partial charge in [0.15, 0.2) is 0 Å². The van der Waals surface area contributed by atoms with Gasteiger partial charge in [0.05, 0.1) is 25.0 Å². The molecule has 0 spiro atoms. The minimum atomic E-state index is -0.760. The molecular weight excluding hydrogens is 316 g/mol. The smallest absolute Gasteiger partial charge is 0.340 e. The van der Waals surface area contributed by atoms with Crippen LogP contribution in [0.1, 0.15) is 12.5 Å². The van der Waals surface area contributed by atoms with Crippen molar-refractivity contribution in [2.75, 3.05) is 19.0 Å². The van der Waals surface area contributed by atoms with E-state index in [0.29, 0.717) is 11.3 Å². The maximum absolute atomic E-state index is 13.7. The van der Waals surface area contributed by atoms with Crippen LogP contribution in [0.5, 0.6) is 5.75 Å². The Bertz CT molecular complexity index is 742. The molecule has 0 heterocycles. The van der Waals surface area contributed by atoms with Crippen LogP contribution in [0.4, 0.5) is 14.5 Å². The van der Waals surface area contributed by atoms with E-state index in [4.69, 9.17) is 9.47 Å². The van der Waals surface area contributed by atoms with Gasteiger partial charge < -0.3 is 14.8 Å². The van der Waals surface area contributed by atoms with Gasteiger partial charge in [-0.05, 0) is 36.8 Å². The molecule has 4 nitrogen and oxygen atoms in total. The Morgan fingerprint density at radius 3 is 2.46 bits per heavy atom. The molecular formula is C18H17F2NO3. The molecule has 0 fully saturated rings. The number of ether oxygens (including phenoxy) is 2. The van der Waals surface area contributed by atoms with Gasteiger partial charge in [0.25, 0.3) is 0 Å². The summed E-state index contributed by atoms with van der Waals surface area (Å²) >= 11 is 0. The lowest BCUT2D eigenvalue weighted by Crippen LogP contribution is -2.09. The highest BCUT2D eigenvalue weighted by molar-refractivity contribution is 6.16. The third kappa shape index (κ3) is 4.32. The Morgan fingerprint density at radius 2 is 1.88 bits per heavy atom. The number of esters is 1. The highest BCUT2D eigenvalue weighted by Crippen LogP contribution is 2.21. The lowest BCUT2D eigenvalue weighted by atomic mass is 10.1. The average Bonchev–Trinajstić information content (AvgIpc) is 2.57. The molecule has 1 N–H and O–H groups in total. The number of benzene rings is 2. The van der Waals surface area contributed by atoms with Crippen molar-refractivity contribution in [1.82, 2.24) is 0 Å². The molecule has 0 bridgehead atoms. The molecule has 2 aromatic carbocycles. The van der Waals surface area contributed by atoms with Crippen LogP contribution in [0, 0.1) is 11.6 Å². The number of carbonyl (C=O) groups is 1. The molecule has 0 aliphatic carbocycles. The van der Waals surface area contributed by atoms with E-state index in [1.54, 1.807) is 31.2 Å². The molecule has 0 saturated heterocycles. The minimum Gasteiger partial charge on any atom is -0.497 e. The van der Waals surface area contributed by atoms with Gasteiger partial charge in [-0.1, -0.05) is 12.1 Å². The summed E-state index contributed by atoms with van der Waals surface area (Å²) in [7, 11) is 1.54. The van der Waals surface area contributed by atoms with Crippen molar-refractivity contribution in [3.8, 4) is 5.75 Å². The number of carbonyl (C=O) groups excluding carboxylic acids is 1. The maximum Gasteiger partial charge on any atom is 0.340 e. The fraction of sp³-hybridized carbons (Fsp3) is 0.167. The van der Waals surface area contributed by atoms with Crippen LogP contribution in [-0.4, -0.2) is 19.7 Å². The largest absolute Gasteiger partial charge is 0.497 e. The van der Waals surface area contributed by atoms with Crippen LogP contribution in [0.2, 0.25) is 0 Å². The van der Waals surface area contributed by atoms with Crippen LogP contribution >= 0.6 is 0 Å². The topological polar surface area (TPSA) is 47.6 Å². The summed E-state index contributed by atoms with van der Waals surface area (Å²) in [6, 6.07) is 9.89. The zero-order valence-corrected chi connectivity index (χ0v) is 13.3. The summed E-state index contributed by atoms with van der Waals surface area (Å²) in [5.74, 6) is -1.36. The summed E-state index contributed by atoms with van der Waals surface area (Å²) in [6.07, 6.45) is 1.33. The van der Waals surface area contributed by atoms with Gasteiger partial charge >= 0.3 is 5.97 Å². The van der Waals surface area contributed by atoms with Gasteiger partial charge in [-0.3, -0.25) is 0 Å². The number of anilines is 1. The van der Waals surface area contributed by atoms with Gasteiger partial charge in [0.2, 0.25) is 0 Å². The van der Waals surface area contributed by atoms with Crippen molar-refractivity contribution >= 4 is 17.2 Å². The molecule has 0 aliphatic heterocycles. The first-order valence-electron chi connectivity index (χ1n) is 7.28. The van der Waals surface area contributed by atoms with E-state index < -0.39 is 17.6 Å². The van der Waals surface area contributed by atoms with E-state index in [-0.39, 0.29) is 17.9 Å². The van der Waals surface area contributed by atoms with Crippen molar-refractivity contribution in [3.63, 3.8) is 0 Å². The molecule has 0 aromatic heterocycles. The second kappa shape index (κ2) is 8.10. The van der Waals surface area contributed by atoms with E-state index in [0.717, 1.165) is 12.1 Å². The van der Waals surface area contributed by atoms with E-state index in [1.165, 1.54) is 19.4 Å². The maximum atomic E-state index is 13.7.